The number of amides is 2. The largest absolute Gasteiger partial charge is 0.490 e. The molecule has 0 fully saturated rings. The van der Waals surface area contributed by atoms with E-state index in [-0.39, 0.29) is 34.5 Å². The standard InChI is InChI=1S/C28H28Cl2N4O5/c1-38-28(37)22(16-32-25(35)9-10-34-11-12-39-24-8-7-19(31)15-23(24)34)33-27(36)26-20(29)13-18(14-21(26)30)17-5-3-2-4-6-17/h2-8,13-15,22H,9-12,16,31H2,1H3,(H,32,35)(H,33,36). The first-order valence-electron chi connectivity index (χ1n) is 12.2. The average Bonchev–Trinajstić information content (AvgIpc) is 2.93. The van der Waals surface area contributed by atoms with Crippen molar-refractivity contribution < 1.29 is 23.9 Å². The number of fused-ring (bicyclic) bond motifs is 1. The SMILES string of the molecule is COC(=O)C(CNC(=O)CCN1CCOc2ccc(N)cc21)NC(=O)c1c(Cl)cc(-c2ccccc2)cc1Cl. The highest BCUT2D eigenvalue weighted by atomic mass is 35.5. The number of halogens is 2. The monoisotopic (exact) mass is 570 g/mol. The summed E-state index contributed by atoms with van der Waals surface area (Å²) in [6.45, 7) is 1.34. The number of carbonyl (C=O) groups is 3. The van der Waals surface area contributed by atoms with E-state index < -0.39 is 17.9 Å². The van der Waals surface area contributed by atoms with Gasteiger partial charge in [0.2, 0.25) is 5.91 Å². The van der Waals surface area contributed by atoms with Crippen molar-refractivity contribution in [1.82, 2.24) is 10.6 Å². The van der Waals surface area contributed by atoms with Crippen LogP contribution in [-0.2, 0) is 14.3 Å². The third-order valence-corrected chi connectivity index (χ3v) is 6.82. The number of nitrogens with two attached hydrogens (primary N) is 1. The van der Waals surface area contributed by atoms with Crippen molar-refractivity contribution in [3.8, 4) is 16.9 Å². The molecule has 0 aromatic heterocycles. The highest BCUT2D eigenvalue weighted by Crippen LogP contribution is 2.33. The van der Waals surface area contributed by atoms with Crippen LogP contribution in [0.25, 0.3) is 11.1 Å². The number of anilines is 2. The number of benzene rings is 3. The highest BCUT2D eigenvalue weighted by Gasteiger charge is 2.26. The second kappa shape index (κ2) is 12.7. The van der Waals surface area contributed by atoms with Gasteiger partial charge in [-0.2, -0.15) is 0 Å². The summed E-state index contributed by atoms with van der Waals surface area (Å²) < 4.78 is 10.5. The van der Waals surface area contributed by atoms with Gasteiger partial charge in [0.05, 0.1) is 35.0 Å². The van der Waals surface area contributed by atoms with Crippen LogP contribution in [0.4, 0.5) is 11.4 Å². The summed E-state index contributed by atoms with van der Waals surface area (Å²) in [6.07, 6.45) is 0.148. The third kappa shape index (κ3) is 6.93. The molecule has 0 spiro atoms. The van der Waals surface area contributed by atoms with E-state index in [2.05, 4.69) is 10.6 Å². The Kier molecular flexibility index (Phi) is 9.16. The number of ether oxygens (including phenoxy) is 2. The molecule has 1 unspecified atom stereocenters. The molecule has 4 rings (SSSR count). The molecule has 204 valence electrons. The summed E-state index contributed by atoms with van der Waals surface area (Å²) in [6, 6.07) is 16.9. The van der Waals surface area contributed by atoms with Crippen LogP contribution in [0.2, 0.25) is 10.0 Å². The summed E-state index contributed by atoms with van der Waals surface area (Å²) in [5.41, 5.74) is 8.96. The van der Waals surface area contributed by atoms with Gasteiger partial charge in [-0.05, 0) is 41.5 Å². The van der Waals surface area contributed by atoms with Gasteiger partial charge in [-0.25, -0.2) is 4.79 Å². The molecule has 39 heavy (non-hydrogen) atoms. The minimum absolute atomic E-state index is 0.0171. The van der Waals surface area contributed by atoms with Gasteiger partial charge in [0.1, 0.15) is 18.4 Å². The number of rotatable bonds is 9. The van der Waals surface area contributed by atoms with Crippen LogP contribution in [0.1, 0.15) is 16.8 Å². The Morgan fingerprint density at radius 2 is 1.77 bits per heavy atom. The van der Waals surface area contributed by atoms with Crippen LogP contribution in [0.5, 0.6) is 5.75 Å². The van der Waals surface area contributed by atoms with Gasteiger partial charge in [-0.3, -0.25) is 9.59 Å². The minimum Gasteiger partial charge on any atom is -0.490 e. The van der Waals surface area contributed by atoms with Crippen LogP contribution in [0.3, 0.4) is 0 Å². The van der Waals surface area contributed by atoms with E-state index in [9.17, 15) is 14.4 Å². The van der Waals surface area contributed by atoms with Crippen molar-refractivity contribution in [2.24, 2.45) is 0 Å². The molecule has 1 atom stereocenters. The number of nitrogens with one attached hydrogen (secondary N) is 2. The van der Waals surface area contributed by atoms with Crippen LogP contribution in [-0.4, -0.2) is 57.2 Å². The van der Waals surface area contributed by atoms with Crippen LogP contribution in [0.15, 0.2) is 60.7 Å². The zero-order valence-electron chi connectivity index (χ0n) is 21.2. The average molecular weight is 571 g/mol. The number of nitrogens with zero attached hydrogens (tertiary/aromatic N) is 1. The fourth-order valence-electron chi connectivity index (χ4n) is 4.22. The Balaban J connectivity index is 1.37. The predicted octanol–water partition coefficient (Wildman–Crippen LogP) is 3.92. The zero-order chi connectivity index (χ0) is 27.9. The summed E-state index contributed by atoms with van der Waals surface area (Å²) in [4.78, 5) is 40.1. The molecular formula is C28H28Cl2N4O5. The summed E-state index contributed by atoms with van der Waals surface area (Å²) >= 11 is 12.8. The van der Waals surface area contributed by atoms with E-state index in [0.717, 1.165) is 16.8 Å². The van der Waals surface area contributed by atoms with Gasteiger partial charge >= 0.3 is 5.97 Å². The smallest absolute Gasteiger partial charge is 0.330 e. The van der Waals surface area contributed by atoms with E-state index in [4.69, 9.17) is 38.4 Å². The molecule has 4 N–H and O–H groups in total. The topological polar surface area (TPSA) is 123 Å². The van der Waals surface area contributed by atoms with Crippen molar-refractivity contribution in [2.75, 3.05) is 44.0 Å². The molecule has 9 nitrogen and oxygen atoms in total. The molecule has 1 heterocycles. The maximum Gasteiger partial charge on any atom is 0.330 e. The lowest BCUT2D eigenvalue weighted by atomic mass is 10.0. The Morgan fingerprint density at radius 1 is 1.05 bits per heavy atom. The molecule has 0 saturated heterocycles. The molecule has 3 aromatic carbocycles. The number of hydrogen-bond donors (Lipinski definition) is 3. The Labute approximate surface area is 236 Å². The third-order valence-electron chi connectivity index (χ3n) is 6.22. The number of methoxy groups -OCH3 is 1. The van der Waals surface area contributed by atoms with Gasteiger partial charge in [0.15, 0.2) is 0 Å². The highest BCUT2D eigenvalue weighted by molar-refractivity contribution is 6.40. The number of nitrogen functional groups attached to an aromatic ring is 1. The lowest BCUT2D eigenvalue weighted by Gasteiger charge is -2.31. The summed E-state index contributed by atoms with van der Waals surface area (Å²) in [5.74, 6) is -0.997. The number of esters is 1. The van der Waals surface area contributed by atoms with E-state index in [1.165, 1.54) is 7.11 Å². The molecule has 11 heteroatoms. The zero-order valence-corrected chi connectivity index (χ0v) is 22.7. The van der Waals surface area contributed by atoms with E-state index >= 15 is 0 Å². The van der Waals surface area contributed by atoms with Crippen molar-refractivity contribution in [2.45, 2.75) is 12.5 Å². The predicted molar refractivity (Wildman–Crippen MR) is 151 cm³/mol. The molecule has 0 radical (unpaired) electrons. The summed E-state index contributed by atoms with van der Waals surface area (Å²) in [5, 5.41) is 5.50. The van der Waals surface area contributed by atoms with Crippen LogP contribution < -0.4 is 26.0 Å². The molecule has 1 aliphatic heterocycles. The first-order chi connectivity index (χ1) is 18.8. The first kappa shape index (κ1) is 28.1. The van der Waals surface area contributed by atoms with Crippen molar-refractivity contribution in [1.29, 1.82) is 0 Å². The Morgan fingerprint density at radius 3 is 2.46 bits per heavy atom. The quantitative estimate of drug-likeness (QED) is 0.263. The van der Waals surface area contributed by atoms with Gasteiger partial charge in [0, 0.05) is 25.2 Å². The van der Waals surface area contributed by atoms with Crippen molar-refractivity contribution >= 4 is 52.4 Å². The first-order valence-corrected chi connectivity index (χ1v) is 13.0. The maximum absolute atomic E-state index is 13.1. The molecular weight excluding hydrogens is 543 g/mol. The second-order valence-electron chi connectivity index (χ2n) is 8.85. The van der Waals surface area contributed by atoms with Gasteiger partial charge in [-0.1, -0.05) is 53.5 Å². The fourth-order valence-corrected chi connectivity index (χ4v) is 4.87. The molecule has 1 aliphatic rings. The lowest BCUT2D eigenvalue weighted by Crippen LogP contribution is -2.49. The van der Waals surface area contributed by atoms with Crippen molar-refractivity contribution in [3.05, 3.63) is 76.3 Å². The maximum atomic E-state index is 13.1. The molecule has 2 amide bonds. The van der Waals surface area contributed by atoms with Gasteiger partial charge in [0.25, 0.3) is 5.91 Å². The van der Waals surface area contributed by atoms with E-state index in [0.29, 0.717) is 31.1 Å². The van der Waals surface area contributed by atoms with Gasteiger partial charge < -0.3 is 30.7 Å². The van der Waals surface area contributed by atoms with E-state index in [1.54, 1.807) is 30.3 Å². The van der Waals surface area contributed by atoms with Crippen LogP contribution >= 0.6 is 23.2 Å². The van der Waals surface area contributed by atoms with E-state index in [1.807, 2.05) is 35.2 Å². The Hall–Kier alpha value is -3.95. The number of carbonyl (C=O) groups excluding carboxylic acids is 3. The summed E-state index contributed by atoms with van der Waals surface area (Å²) in [7, 11) is 1.19. The minimum atomic E-state index is -1.16. The number of hydrogen-bond acceptors (Lipinski definition) is 7. The van der Waals surface area contributed by atoms with Crippen LogP contribution in [0, 0.1) is 0 Å². The molecule has 0 bridgehead atoms. The molecule has 0 aliphatic carbocycles. The normalized spacial score (nSPS) is 13.1. The fraction of sp³-hybridized carbons (Fsp3) is 0.250. The molecule has 0 saturated carbocycles. The Bertz CT molecular complexity index is 1350. The lowest BCUT2D eigenvalue weighted by molar-refractivity contribution is -0.142. The van der Waals surface area contributed by atoms with Crippen molar-refractivity contribution in [3.63, 3.8) is 0 Å². The molecule has 3 aromatic rings. The second-order valence-corrected chi connectivity index (χ2v) is 9.66. The van der Waals surface area contributed by atoms with Gasteiger partial charge in [-0.15, -0.1) is 0 Å².